The third-order valence-electron chi connectivity index (χ3n) is 3.23. The van der Waals surface area contributed by atoms with Crippen molar-refractivity contribution in [2.45, 2.75) is 38.1 Å². The number of allylic oxidation sites excluding steroid dienone is 4. The predicted octanol–water partition coefficient (Wildman–Crippen LogP) is 3.31. The van der Waals surface area contributed by atoms with Crippen LogP contribution in [0.2, 0.25) is 6.04 Å². The Bertz CT molecular complexity index is 262. The second-order valence-electron chi connectivity index (χ2n) is 4.27. The zero-order valence-corrected chi connectivity index (χ0v) is 12.2. The van der Waals surface area contributed by atoms with Crippen molar-refractivity contribution in [2.24, 2.45) is 0 Å². The lowest BCUT2D eigenvalue weighted by Gasteiger charge is -2.24. The third-order valence-corrected chi connectivity index (χ3v) is 6.06. The van der Waals surface area contributed by atoms with Gasteiger partial charge in [-0.25, -0.2) is 0 Å². The SMILES string of the molecule is CO[Si](CCCCCC1=CCC=C1)(OC)OC. The van der Waals surface area contributed by atoms with E-state index in [1.807, 2.05) is 0 Å². The highest BCUT2D eigenvalue weighted by Crippen LogP contribution is 2.20. The van der Waals surface area contributed by atoms with Crippen LogP contribution in [-0.2, 0) is 13.3 Å². The summed E-state index contributed by atoms with van der Waals surface area (Å²) in [6, 6.07) is 0.908. The van der Waals surface area contributed by atoms with Gasteiger partial charge in [-0.2, -0.15) is 0 Å². The Morgan fingerprint density at radius 2 is 1.76 bits per heavy atom. The first-order chi connectivity index (χ1) is 8.26. The maximum atomic E-state index is 5.39. The monoisotopic (exact) mass is 256 g/mol. The Morgan fingerprint density at radius 1 is 1.06 bits per heavy atom. The Kier molecular flexibility index (Phi) is 6.73. The zero-order valence-electron chi connectivity index (χ0n) is 11.2. The fraction of sp³-hybridized carbons (Fsp3) is 0.692. The van der Waals surface area contributed by atoms with Gasteiger partial charge in [0.15, 0.2) is 0 Å². The lowest BCUT2D eigenvalue weighted by atomic mass is 10.1. The van der Waals surface area contributed by atoms with Crippen molar-refractivity contribution in [1.29, 1.82) is 0 Å². The second-order valence-corrected chi connectivity index (χ2v) is 7.36. The summed E-state index contributed by atoms with van der Waals surface area (Å²) in [6.07, 6.45) is 12.6. The van der Waals surface area contributed by atoms with Crippen LogP contribution in [-0.4, -0.2) is 30.1 Å². The van der Waals surface area contributed by atoms with Gasteiger partial charge in [0.2, 0.25) is 0 Å². The van der Waals surface area contributed by atoms with Gasteiger partial charge in [-0.1, -0.05) is 30.2 Å². The Hall–Kier alpha value is -0.423. The normalized spacial score (nSPS) is 15.4. The van der Waals surface area contributed by atoms with E-state index >= 15 is 0 Å². The molecule has 17 heavy (non-hydrogen) atoms. The second kappa shape index (κ2) is 7.82. The molecule has 0 N–H and O–H groups in total. The van der Waals surface area contributed by atoms with Crippen LogP contribution in [0.5, 0.6) is 0 Å². The maximum Gasteiger partial charge on any atom is 0.500 e. The van der Waals surface area contributed by atoms with Gasteiger partial charge in [-0.05, 0) is 25.7 Å². The molecule has 1 rings (SSSR count). The molecular weight excluding hydrogens is 232 g/mol. The molecule has 0 radical (unpaired) electrons. The molecule has 0 heterocycles. The van der Waals surface area contributed by atoms with Crippen molar-refractivity contribution in [1.82, 2.24) is 0 Å². The van der Waals surface area contributed by atoms with E-state index < -0.39 is 8.80 Å². The number of rotatable bonds is 9. The quantitative estimate of drug-likeness (QED) is 0.468. The van der Waals surface area contributed by atoms with Crippen molar-refractivity contribution in [3.63, 3.8) is 0 Å². The van der Waals surface area contributed by atoms with E-state index in [2.05, 4.69) is 18.2 Å². The molecule has 98 valence electrons. The molecule has 0 spiro atoms. The zero-order chi connectivity index (χ0) is 12.6. The first-order valence-corrected chi connectivity index (χ1v) is 8.20. The van der Waals surface area contributed by atoms with Crippen LogP contribution in [0.1, 0.15) is 32.1 Å². The molecule has 0 fully saturated rings. The molecule has 0 saturated heterocycles. The minimum absolute atomic E-state index is 0.908. The van der Waals surface area contributed by atoms with Crippen LogP contribution in [0.3, 0.4) is 0 Å². The third kappa shape index (κ3) is 4.75. The first-order valence-electron chi connectivity index (χ1n) is 6.27. The molecule has 1 aliphatic carbocycles. The largest absolute Gasteiger partial charge is 0.500 e. The number of unbranched alkanes of at least 4 members (excludes halogenated alkanes) is 2. The van der Waals surface area contributed by atoms with Crippen LogP contribution in [0, 0.1) is 0 Å². The van der Waals surface area contributed by atoms with E-state index in [9.17, 15) is 0 Å². The van der Waals surface area contributed by atoms with Crippen LogP contribution < -0.4 is 0 Å². The highest BCUT2D eigenvalue weighted by Gasteiger charge is 2.36. The Labute approximate surface area is 106 Å². The van der Waals surface area contributed by atoms with Crippen molar-refractivity contribution in [3.8, 4) is 0 Å². The van der Waals surface area contributed by atoms with E-state index in [0.29, 0.717) is 0 Å². The molecule has 0 bridgehead atoms. The molecule has 0 aromatic heterocycles. The van der Waals surface area contributed by atoms with Gasteiger partial charge in [0.1, 0.15) is 0 Å². The molecular formula is C13H24O3Si. The molecule has 0 saturated carbocycles. The van der Waals surface area contributed by atoms with Gasteiger partial charge in [0, 0.05) is 27.4 Å². The van der Waals surface area contributed by atoms with Gasteiger partial charge < -0.3 is 13.3 Å². The van der Waals surface area contributed by atoms with Crippen molar-refractivity contribution in [2.75, 3.05) is 21.3 Å². The minimum Gasteiger partial charge on any atom is -0.377 e. The molecule has 0 atom stereocenters. The molecule has 0 amide bonds. The average molecular weight is 256 g/mol. The van der Waals surface area contributed by atoms with Crippen molar-refractivity contribution < 1.29 is 13.3 Å². The predicted molar refractivity (Wildman–Crippen MR) is 71.9 cm³/mol. The highest BCUT2D eigenvalue weighted by molar-refractivity contribution is 6.60. The Morgan fingerprint density at radius 3 is 2.29 bits per heavy atom. The molecule has 0 unspecified atom stereocenters. The smallest absolute Gasteiger partial charge is 0.377 e. The lowest BCUT2D eigenvalue weighted by Crippen LogP contribution is -2.42. The lowest BCUT2D eigenvalue weighted by molar-refractivity contribution is 0.122. The van der Waals surface area contributed by atoms with Crippen LogP contribution in [0.15, 0.2) is 23.8 Å². The highest BCUT2D eigenvalue weighted by atomic mass is 28.4. The van der Waals surface area contributed by atoms with Crippen LogP contribution in [0.4, 0.5) is 0 Å². The molecule has 3 nitrogen and oxygen atoms in total. The van der Waals surface area contributed by atoms with E-state index in [4.69, 9.17) is 13.3 Å². The Balaban J connectivity index is 2.12. The van der Waals surface area contributed by atoms with Gasteiger partial charge in [0.25, 0.3) is 0 Å². The molecule has 1 aliphatic rings. The summed E-state index contributed by atoms with van der Waals surface area (Å²) in [5, 5.41) is 0. The van der Waals surface area contributed by atoms with Crippen molar-refractivity contribution >= 4 is 8.80 Å². The summed E-state index contributed by atoms with van der Waals surface area (Å²) in [5.74, 6) is 0. The van der Waals surface area contributed by atoms with Gasteiger partial charge in [-0.3, -0.25) is 0 Å². The minimum atomic E-state index is -2.33. The van der Waals surface area contributed by atoms with Gasteiger partial charge in [0.05, 0.1) is 0 Å². The fourth-order valence-corrected chi connectivity index (χ4v) is 3.89. The maximum absolute atomic E-state index is 5.39. The van der Waals surface area contributed by atoms with E-state index in [-0.39, 0.29) is 0 Å². The molecule has 0 aromatic rings. The van der Waals surface area contributed by atoms with E-state index in [1.54, 1.807) is 21.3 Å². The van der Waals surface area contributed by atoms with E-state index in [0.717, 1.165) is 18.9 Å². The number of hydrogen-bond acceptors (Lipinski definition) is 3. The van der Waals surface area contributed by atoms with E-state index in [1.165, 1.54) is 24.8 Å². The average Bonchev–Trinajstić information content (AvgIpc) is 2.88. The molecule has 0 aliphatic heterocycles. The van der Waals surface area contributed by atoms with Crippen LogP contribution in [0.25, 0.3) is 0 Å². The van der Waals surface area contributed by atoms with Crippen LogP contribution >= 0.6 is 0 Å². The fourth-order valence-electron chi connectivity index (χ4n) is 2.10. The summed E-state index contributed by atoms with van der Waals surface area (Å²) in [7, 11) is 2.69. The summed E-state index contributed by atoms with van der Waals surface area (Å²) < 4.78 is 16.2. The van der Waals surface area contributed by atoms with Gasteiger partial charge in [-0.15, -0.1) is 0 Å². The first kappa shape index (κ1) is 14.6. The summed E-state index contributed by atoms with van der Waals surface area (Å²) in [5.41, 5.74) is 1.48. The molecule has 4 heteroatoms. The van der Waals surface area contributed by atoms with Crippen molar-refractivity contribution in [3.05, 3.63) is 23.8 Å². The summed E-state index contributed by atoms with van der Waals surface area (Å²) >= 11 is 0. The topological polar surface area (TPSA) is 27.7 Å². The standard InChI is InChI=1S/C13H24O3Si/c1-14-17(15-2,16-3)12-8-4-5-9-13-10-6-7-11-13/h6,10-11H,4-5,7-9,12H2,1-3H3. The summed E-state index contributed by atoms with van der Waals surface area (Å²) in [4.78, 5) is 0. The molecule has 0 aromatic carbocycles. The summed E-state index contributed by atoms with van der Waals surface area (Å²) in [6.45, 7) is 0. The number of hydrogen-bond donors (Lipinski definition) is 0. The van der Waals surface area contributed by atoms with Gasteiger partial charge >= 0.3 is 8.80 Å².